The van der Waals surface area contributed by atoms with E-state index in [1.807, 2.05) is 67.9 Å². The Bertz CT molecular complexity index is 802. The van der Waals surface area contributed by atoms with Gasteiger partial charge in [-0.25, -0.2) is 0 Å². The third kappa shape index (κ3) is 3.90. The van der Waals surface area contributed by atoms with Gasteiger partial charge in [0.1, 0.15) is 0 Å². The molecule has 0 bridgehead atoms. The first-order valence-electron chi connectivity index (χ1n) is 8.68. The lowest BCUT2D eigenvalue weighted by Crippen LogP contribution is -3.00. The minimum absolute atomic E-state index is 0. The molecule has 0 aliphatic carbocycles. The van der Waals surface area contributed by atoms with Gasteiger partial charge in [-0.05, 0) is 31.4 Å². The van der Waals surface area contributed by atoms with E-state index in [2.05, 4.69) is 5.32 Å². The first-order chi connectivity index (χ1) is 12.0. The predicted octanol–water partition coefficient (Wildman–Crippen LogP) is -0.473. The molecular weight excluding hydrogens is 441 g/mol. The molecule has 0 saturated carbocycles. The molecule has 1 atom stereocenters. The van der Waals surface area contributed by atoms with E-state index < -0.39 is 6.04 Å². The summed E-state index contributed by atoms with van der Waals surface area (Å²) in [6, 6.07) is 11.0. The maximum Gasteiger partial charge on any atom is 0.289 e. The third-order valence-electron chi connectivity index (χ3n) is 4.64. The highest BCUT2D eigenvalue weighted by Gasteiger charge is 2.42. The second-order valence-electron chi connectivity index (χ2n) is 6.50. The normalized spacial score (nSPS) is 15.9. The number of nitrogens with one attached hydrogen (secondary N) is 1. The van der Waals surface area contributed by atoms with Crippen LogP contribution < -0.4 is 33.9 Å². The van der Waals surface area contributed by atoms with E-state index in [1.165, 1.54) is 0 Å². The zero-order chi connectivity index (χ0) is 18.0. The maximum atomic E-state index is 13.1. The van der Waals surface area contributed by atoms with E-state index in [0.717, 1.165) is 28.9 Å². The summed E-state index contributed by atoms with van der Waals surface area (Å²) in [5, 5.41) is 3.05. The maximum absolute atomic E-state index is 13.1. The summed E-state index contributed by atoms with van der Waals surface area (Å²) in [5.41, 5.74) is 3.70. The Morgan fingerprint density at radius 1 is 1.19 bits per heavy atom. The van der Waals surface area contributed by atoms with Crippen LogP contribution in [-0.4, -0.2) is 23.3 Å². The summed E-state index contributed by atoms with van der Waals surface area (Å²) in [7, 11) is 0. The molecule has 1 aliphatic rings. The van der Waals surface area contributed by atoms with Crippen LogP contribution in [0.15, 0.2) is 42.6 Å². The second kappa shape index (κ2) is 8.62. The number of carbonyl (C=O) groups is 2. The van der Waals surface area contributed by atoms with Gasteiger partial charge in [0.25, 0.3) is 11.8 Å². The highest BCUT2D eigenvalue weighted by Crippen LogP contribution is 2.26. The molecule has 1 aromatic carbocycles. The van der Waals surface area contributed by atoms with Crippen LogP contribution >= 0.6 is 0 Å². The van der Waals surface area contributed by atoms with E-state index in [-0.39, 0.29) is 42.3 Å². The van der Waals surface area contributed by atoms with Gasteiger partial charge in [0.15, 0.2) is 12.2 Å². The van der Waals surface area contributed by atoms with Gasteiger partial charge in [0.05, 0.1) is 0 Å². The predicted molar refractivity (Wildman–Crippen MR) is 95.9 cm³/mol. The zero-order valence-corrected chi connectivity index (χ0v) is 17.5. The van der Waals surface area contributed by atoms with Crippen molar-refractivity contribution < 1.29 is 38.1 Å². The van der Waals surface area contributed by atoms with Gasteiger partial charge in [-0.2, -0.15) is 4.57 Å². The molecule has 2 heterocycles. The fourth-order valence-electron chi connectivity index (χ4n) is 3.40. The van der Waals surface area contributed by atoms with E-state index in [4.69, 9.17) is 0 Å². The Morgan fingerprint density at radius 3 is 2.54 bits per heavy atom. The number of anilines is 1. The van der Waals surface area contributed by atoms with Gasteiger partial charge >= 0.3 is 0 Å². The number of hydrogen-bond acceptors (Lipinski definition) is 2. The molecule has 0 fully saturated rings. The molecule has 1 aromatic heterocycles. The number of pyridine rings is 1. The van der Waals surface area contributed by atoms with Crippen molar-refractivity contribution in [1.82, 2.24) is 4.90 Å². The molecule has 1 unspecified atom stereocenters. The average molecular weight is 465 g/mol. The smallest absolute Gasteiger partial charge is 0.289 e. The highest BCUT2D eigenvalue weighted by molar-refractivity contribution is 5.98. The van der Waals surface area contributed by atoms with Crippen molar-refractivity contribution in [3.63, 3.8) is 0 Å². The minimum atomic E-state index is -0.610. The van der Waals surface area contributed by atoms with Crippen LogP contribution in [-0.2, 0) is 16.1 Å². The van der Waals surface area contributed by atoms with Crippen LogP contribution in [0.2, 0.25) is 0 Å². The molecule has 2 aromatic rings. The zero-order valence-electron chi connectivity index (χ0n) is 15.3. The lowest BCUT2D eigenvalue weighted by Gasteiger charge is -2.32. The van der Waals surface area contributed by atoms with Gasteiger partial charge in [-0.1, -0.05) is 31.2 Å². The number of aryl methyl sites for hydroxylation is 2. The molecule has 26 heavy (non-hydrogen) atoms. The molecule has 1 aliphatic heterocycles. The van der Waals surface area contributed by atoms with Crippen molar-refractivity contribution in [3.8, 4) is 0 Å². The second-order valence-corrected chi connectivity index (χ2v) is 6.50. The number of rotatable bonds is 4. The Balaban J connectivity index is 0.00000243. The Kier molecular flexibility index (Phi) is 6.75. The first-order valence-corrected chi connectivity index (χ1v) is 8.68. The summed E-state index contributed by atoms with van der Waals surface area (Å²) in [4.78, 5) is 27.4. The minimum Gasteiger partial charge on any atom is -1.00 e. The van der Waals surface area contributed by atoms with E-state index in [1.54, 1.807) is 4.90 Å². The number of hydrogen-bond donors (Lipinski definition) is 1. The van der Waals surface area contributed by atoms with E-state index in [9.17, 15) is 9.59 Å². The lowest BCUT2D eigenvalue weighted by atomic mass is 10.0. The Hall–Kier alpha value is -1.96. The van der Waals surface area contributed by atoms with Crippen molar-refractivity contribution in [3.05, 3.63) is 59.4 Å². The van der Waals surface area contributed by atoms with Crippen LogP contribution in [0.3, 0.4) is 0 Å². The average Bonchev–Trinajstić information content (AvgIpc) is 2.59. The molecule has 3 rings (SSSR count). The molecule has 2 amide bonds. The van der Waals surface area contributed by atoms with Gasteiger partial charge in [0.2, 0.25) is 12.2 Å². The summed E-state index contributed by atoms with van der Waals surface area (Å²) in [6.07, 6.45) is 2.67. The van der Waals surface area contributed by atoms with Gasteiger partial charge in [-0.15, -0.1) is 0 Å². The van der Waals surface area contributed by atoms with Crippen LogP contribution in [0, 0.1) is 13.8 Å². The summed E-state index contributed by atoms with van der Waals surface area (Å²) < 4.78 is 1.86. The quantitative estimate of drug-likeness (QED) is 0.491. The van der Waals surface area contributed by atoms with Crippen LogP contribution in [0.4, 0.5) is 5.69 Å². The molecular formula is C20H24IN3O2. The number of amides is 2. The number of benzene rings is 1. The first kappa shape index (κ1) is 20.4. The molecule has 6 heteroatoms. The van der Waals surface area contributed by atoms with Crippen molar-refractivity contribution in [1.29, 1.82) is 0 Å². The fraction of sp³-hybridized carbons (Fsp3) is 0.350. The van der Waals surface area contributed by atoms with Gasteiger partial charge in [-0.3, -0.25) is 9.59 Å². The number of carbonyl (C=O) groups excluding carboxylic acids is 2. The molecule has 0 radical (unpaired) electrons. The monoisotopic (exact) mass is 465 g/mol. The number of nitrogens with zero attached hydrogens (tertiary/aromatic N) is 2. The summed E-state index contributed by atoms with van der Waals surface area (Å²) >= 11 is 0. The van der Waals surface area contributed by atoms with Crippen LogP contribution in [0.25, 0.3) is 0 Å². The largest absolute Gasteiger partial charge is 1.00 e. The highest BCUT2D eigenvalue weighted by atomic mass is 127. The lowest BCUT2D eigenvalue weighted by molar-refractivity contribution is -0.698. The molecule has 0 spiro atoms. The SMILES string of the molecule is CCCN1C(=O)C[n+]2ccccc2C1C(=O)Nc1c(C)cccc1C.[I-]. The molecule has 138 valence electrons. The Morgan fingerprint density at radius 2 is 1.88 bits per heavy atom. The third-order valence-corrected chi connectivity index (χ3v) is 4.64. The number of aromatic nitrogens is 1. The standard InChI is InChI=1S/C20H23N3O2.HI/c1-4-11-23-17(24)13-22-12-6-5-10-16(22)19(23)20(25)21-18-14(2)8-7-9-15(18)3;/h5-10,12,19H,4,11,13H2,1-3H3;1H. The summed E-state index contributed by atoms with van der Waals surface area (Å²) in [6.45, 7) is 6.81. The number of halogens is 1. The van der Waals surface area contributed by atoms with Crippen LogP contribution in [0.5, 0.6) is 0 Å². The van der Waals surface area contributed by atoms with Crippen molar-refractivity contribution in [2.45, 2.75) is 39.8 Å². The van der Waals surface area contributed by atoms with E-state index in [0.29, 0.717) is 6.54 Å². The molecule has 1 N–H and O–H groups in total. The van der Waals surface area contributed by atoms with Gasteiger partial charge in [0, 0.05) is 24.4 Å². The molecule has 5 nitrogen and oxygen atoms in total. The van der Waals surface area contributed by atoms with Crippen molar-refractivity contribution in [2.24, 2.45) is 0 Å². The van der Waals surface area contributed by atoms with Gasteiger partial charge < -0.3 is 34.2 Å². The Labute approximate surface area is 171 Å². The van der Waals surface area contributed by atoms with E-state index >= 15 is 0 Å². The topological polar surface area (TPSA) is 53.3 Å². The molecule has 0 saturated heterocycles. The fourth-order valence-corrected chi connectivity index (χ4v) is 3.40. The summed E-state index contributed by atoms with van der Waals surface area (Å²) in [5.74, 6) is -0.189. The number of para-hydroxylation sites is 1. The van der Waals surface area contributed by atoms with Crippen molar-refractivity contribution in [2.75, 3.05) is 11.9 Å². The van der Waals surface area contributed by atoms with Crippen LogP contribution in [0.1, 0.15) is 36.2 Å². The number of fused-ring (bicyclic) bond motifs is 1. The van der Waals surface area contributed by atoms with Crippen molar-refractivity contribution >= 4 is 17.5 Å².